The molecule has 8 rings (SSSR count). The van der Waals surface area contributed by atoms with Crippen molar-refractivity contribution in [3.05, 3.63) is 140 Å². The monoisotopic (exact) mass is 509 g/mol. The fourth-order valence-electron chi connectivity index (χ4n) is 5.87. The zero-order chi connectivity index (χ0) is 26.5. The fraction of sp³-hybridized carbons (Fsp3) is 0. The topological polar surface area (TPSA) is 38.7 Å². The van der Waals surface area contributed by atoms with Crippen molar-refractivity contribution in [2.75, 3.05) is 0 Å². The summed E-state index contributed by atoms with van der Waals surface area (Å²) in [5, 5.41) is 7.44. The maximum atomic E-state index is 5.24. The molecule has 6 aromatic carbocycles. The van der Waals surface area contributed by atoms with Crippen LogP contribution in [0.4, 0.5) is 0 Å². The zero-order valence-corrected chi connectivity index (χ0v) is 21.6. The van der Waals surface area contributed by atoms with Gasteiger partial charge in [-0.05, 0) is 56.1 Å². The molecular weight excluding hydrogens is 486 g/mol. The third-order valence-electron chi connectivity index (χ3n) is 7.74. The van der Waals surface area contributed by atoms with Crippen LogP contribution < -0.4 is 0 Å². The smallest absolute Gasteiger partial charge is 0.161 e. The predicted molar refractivity (Wildman–Crippen MR) is 165 cm³/mol. The highest BCUT2D eigenvalue weighted by molar-refractivity contribution is 6.25. The average Bonchev–Trinajstić information content (AvgIpc) is 3.04. The Morgan fingerprint density at radius 2 is 1.10 bits per heavy atom. The van der Waals surface area contributed by atoms with Gasteiger partial charge in [0.2, 0.25) is 0 Å². The second-order valence-corrected chi connectivity index (χ2v) is 10.1. The molecule has 0 saturated heterocycles. The minimum absolute atomic E-state index is 0.718. The Balaban J connectivity index is 1.42. The molecule has 0 aliphatic carbocycles. The highest BCUT2D eigenvalue weighted by Crippen LogP contribution is 2.40. The first-order valence-corrected chi connectivity index (χ1v) is 13.4. The van der Waals surface area contributed by atoms with Gasteiger partial charge in [-0.15, -0.1) is 0 Å². The first-order chi connectivity index (χ1) is 19.8. The Hall–Kier alpha value is -5.41. The Bertz CT molecular complexity index is 2140. The van der Waals surface area contributed by atoms with Gasteiger partial charge in [-0.2, -0.15) is 0 Å². The predicted octanol–water partition coefficient (Wildman–Crippen LogP) is 9.44. The van der Waals surface area contributed by atoms with Crippen molar-refractivity contribution in [3.8, 4) is 45.0 Å². The molecule has 0 saturated carbocycles. The molecule has 8 aromatic rings. The van der Waals surface area contributed by atoms with E-state index in [-0.39, 0.29) is 0 Å². The fourth-order valence-corrected chi connectivity index (χ4v) is 5.87. The van der Waals surface area contributed by atoms with Gasteiger partial charge < -0.3 is 0 Å². The van der Waals surface area contributed by atoms with Gasteiger partial charge in [-0.1, -0.05) is 109 Å². The summed E-state index contributed by atoms with van der Waals surface area (Å²) in [7, 11) is 0. The van der Waals surface area contributed by atoms with Crippen LogP contribution in [0.25, 0.3) is 77.3 Å². The third-order valence-corrected chi connectivity index (χ3v) is 7.74. The number of nitrogens with zero attached hydrogens (tertiary/aromatic N) is 3. The van der Waals surface area contributed by atoms with E-state index in [0.29, 0.717) is 0 Å². The summed E-state index contributed by atoms with van der Waals surface area (Å²) in [6.45, 7) is 0. The zero-order valence-electron chi connectivity index (χ0n) is 21.6. The molecule has 2 aromatic heterocycles. The molecule has 0 N–H and O–H groups in total. The quantitative estimate of drug-likeness (QED) is 0.222. The first-order valence-electron chi connectivity index (χ1n) is 13.4. The number of hydrogen-bond donors (Lipinski definition) is 0. The van der Waals surface area contributed by atoms with Crippen LogP contribution in [0, 0.1) is 0 Å². The van der Waals surface area contributed by atoms with E-state index >= 15 is 0 Å². The van der Waals surface area contributed by atoms with Crippen LogP contribution in [0.1, 0.15) is 0 Å². The first kappa shape index (κ1) is 22.6. The summed E-state index contributed by atoms with van der Waals surface area (Å²) in [4.78, 5) is 14.8. The Morgan fingerprint density at radius 1 is 0.425 bits per heavy atom. The molecule has 0 aliphatic rings. The summed E-state index contributed by atoms with van der Waals surface area (Å²) < 4.78 is 0. The summed E-state index contributed by atoms with van der Waals surface area (Å²) in [6, 6.07) is 44.6. The lowest BCUT2D eigenvalue weighted by Gasteiger charge is -2.15. The molecule has 3 nitrogen and oxygen atoms in total. The summed E-state index contributed by atoms with van der Waals surface area (Å²) in [5.74, 6) is 0.718. The molecule has 2 heterocycles. The van der Waals surface area contributed by atoms with Gasteiger partial charge in [0.15, 0.2) is 5.82 Å². The Morgan fingerprint density at radius 3 is 1.90 bits per heavy atom. The van der Waals surface area contributed by atoms with E-state index in [1.54, 1.807) is 6.20 Å². The molecule has 40 heavy (non-hydrogen) atoms. The van der Waals surface area contributed by atoms with Gasteiger partial charge in [0, 0.05) is 34.6 Å². The van der Waals surface area contributed by atoms with Crippen molar-refractivity contribution in [2.24, 2.45) is 0 Å². The van der Waals surface area contributed by atoms with Crippen molar-refractivity contribution in [1.82, 2.24) is 15.0 Å². The largest absolute Gasteiger partial charge is 0.264 e. The van der Waals surface area contributed by atoms with Crippen LogP contribution >= 0.6 is 0 Å². The lowest BCUT2D eigenvalue weighted by atomic mass is 9.91. The number of rotatable bonds is 4. The van der Waals surface area contributed by atoms with Crippen LogP contribution in [0.3, 0.4) is 0 Å². The van der Waals surface area contributed by atoms with E-state index in [1.165, 1.54) is 32.3 Å². The standard InChI is InChI=1S/C37H23N3/c1-2-8-24(9-3-1)33-22-34(30-14-5-4-13-29(30)28-12-7-21-38-23-28)40-37(39-33)32-20-18-27-16-15-25-10-6-11-26-17-19-31(32)36(27)35(25)26/h1-23H. The van der Waals surface area contributed by atoms with Crippen molar-refractivity contribution >= 4 is 32.3 Å². The van der Waals surface area contributed by atoms with E-state index in [2.05, 4.69) is 120 Å². The molecule has 0 bridgehead atoms. The molecule has 3 heteroatoms. The molecule has 0 atom stereocenters. The third kappa shape index (κ3) is 3.63. The van der Waals surface area contributed by atoms with Gasteiger partial charge in [0.25, 0.3) is 0 Å². The van der Waals surface area contributed by atoms with Gasteiger partial charge in [-0.3, -0.25) is 4.98 Å². The molecule has 0 radical (unpaired) electrons. The van der Waals surface area contributed by atoms with Crippen molar-refractivity contribution in [1.29, 1.82) is 0 Å². The van der Waals surface area contributed by atoms with E-state index in [1.807, 2.05) is 18.3 Å². The second kappa shape index (κ2) is 9.11. The van der Waals surface area contributed by atoms with E-state index in [0.717, 1.165) is 45.0 Å². The lowest BCUT2D eigenvalue weighted by molar-refractivity contribution is 1.19. The number of pyridine rings is 1. The van der Waals surface area contributed by atoms with E-state index < -0.39 is 0 Å². The Kier molecular flexibility index (Phi) is 5.14. The summed E-state index contributed by atoms with van der Waals surface area (Å²) in [5.41, 5.74) is 7.07. The van der Waals surface area contributed by atoms with Crippen LogP contribution in [-0.4, -0.2) is 15.0 Å². The minimum atomic E-state index is 0.718. The Labute approximate surface area is 231 Å². The van der Waals surface area contributed by atoms with Gasteiger partial charge in [-0.25, -0.2) is 9.97 Å². The maximum Gasteiger partial charge on any atom is 0.161 e. The minimum Gasteiger partial charge on any atom is -0.264 e. The van der Waals surface area contributed by atoms with Crippen molar-refractivity contribution in [2.45, 2.75) is 0 Å². The van der Waals surface area contributed by atoms with Crippen LogP contribution in [-0.2, 0) is 0 Å². The summed E-state index contributed by atoms with van der Waals surface area (Å²) >= 11 is 0. The van der Waals surface area contributed by atoms with Crippen LogP contribution in [0.15, 0.2) is 140 Å². The van der Waals surface area contributed by atoms with Crippen molar-refractivity contribution < 1.29 is 0 Å². The van der Waals surface area contributed by atoms with Crippen LogP contribution in [0.2, 0.25) is 0 Å². The number of hydrogen-bond acceptors (Lipinski definition) is 3. The molecule has 0 spiro atoms. The molecule has 0 amide bonds. The van der Waals surface area contributed by atoms with E-state index in [4.69, 9.17) is 9.97 Å². The van der Waals surface area contributed by atoms with Crippen LogP contribution in [0.5, 0.6) is 0 Å². The second-order valence-electron chi connectivity index (χ2n) is 10.1. The average molecular weight is 510 g/mol. The number of aromatic nitrogens is 3. The number of benzene rings is 6. The van der Waals surface area contributed by atoms with Gasteiger partial charge in [0.1, 0.15) is 0 Å². The molecule has 0 unspecified atom stereocenters. The van der Waals surface area contributed by atoms with E-state index in [9.17, 15) is 0 Å². The summed E-state index contributed by atoms with van der Waals surface area (Å²) in [6.07, 6.45) is 3.70. The molecule has 0 fully saturated rings. The van der Waals surface area contributed by atoms with Gasteiger partial charge >= 0.3 is 0 Å². The van der Waals surface area contributed by atoms with Crippen molar-refractivity contribution in [3.63, 3.8) is 0 Å². The molecular formula is C37H23N3. The van der Waals surface area contributed by atoms with Gasteiger partial charge in [0.05, 0.1) is 11.4 Å². The normalized spacial score (nSPS) is 11.5. The SMILES string of the molecule is c1ccc(-c2cc(-c3ccccc3-c3cccnc3)nc(-c3ccc4ccc5cccc6ccc3c4c56)n2)cc1. The highest BCUT2D eigenvalue weighted by Gasteiger charge is 2.17. The molecule has 0 aliphatic heterocycles. The maximum absolute atomic E-state index is 5.24. The lowest BCUT2D eigenvalue weighted by Crippen LogP contribution is -1.98. The highest BCUT2D eigenvalue weighted by atomic mass is 14.9. The molecule has 186 valence electrons.